The molecule has 2 aliphatic rings. The van der Waals surface area contributed by atoms with Gasteiger partial charge >= 0.3 is 7.12 Å². The second kappa shape index (κ2) is 7.07. The van der Waals surface area contributed by atoms with Crippen LogP contribution in [0.15, 0.2) is 78.9 Å². The zero-order valence-corrected chi connectivity index (χ0v) is 20.9. The van der Waals surface area contributed by atoms with E-state index in [0.717, 1.165) is 5.46 Å². The number of hydrogen-bond donors (Lipinski definition) is 0. The molecule has 0 unspecified atom stereocenters. The van der Waals surface area contributed by atoms with Crippen LogP contribution in [0, 0.1) is 0 Å². The molecule has 6 rings (SSSR count). The second-order valence-corrected chi connectivity index (χ2v) is 11.3. The van der Waals surface area contributed by atoms with Crippen molar-refractivity contribution in [3.05, 3.63) is 90.0 Å². The maximum atomic E-state index is 6.35. The largest absolute Gasteiger partial charge is 0.495 e. The van der Waals surface area contributed by atoms with Gasteiger partial charge in [0.05, 0.1) is 11.2 Å². The molecule has 0 amide bonds. The smallest absolute Gasteiger partial charge is 0.399 e. The molecule has 0 atom stereocenters. The lowest BCUT2D eigenvalue weighted by atomic mass is 9.76. The van der Waals surface area contributed by atoms with Crippen molar-refractivity contribution in [1.29, 1.82) is 0 Å². The average molecular weight is 446 g/mol. The summed E-state index contributed by atoms with van der Waals surface area (Å²) in [6.45, 7) is 13.1. The summed E-state index contributed by atoms with van der Waals surface area (Å²) in [4.78, 5) is 0. The Morgan fingerprint density at radius 2 is 1.24 bits per heavy atom. The lowest BCUT2D eigenvalue weighted by Crippen LogP contribution is -2.41. The molecular formula is C31H31BO2. The Bertz CT molecular complexity index is 1430. The van der Waals surface area contributed by atoms with E-state index in [-0.39, 0.29) is 23.7 Å². The van der Waals surface area contributed by atoms with E-state index in [1.165, 1.54) is 44.2 Å². The van der Waals surface area contributed by atoms with Crippen molar-refractivity contribution in [1.82, 2.24) is 0 Å². The van der Waals surface area contributed by atoms with Gasteiger partial charge in [-0.15, -0.1) is 0 Å². The molecule has 1 heterocycles. The number of rotatable bonds is 2. The quantitative estimate of drug-likeness (QED) is 0.306. The molecule has 3 heteroatoms. The van der Waals surface area contributed by atoms with Crippen LogP contribution in [0.1, 0.15) is 52.7 Å². The molecule has 0 spiro atoms. The Kier molecular flexibility index (Phi) is 4.50. The van der Waals surface area contributed by atoms with Gasteiger partial charge in [0.1, 0.15) is 0 Å². The summed E-state index contributed by atoms with van der Waals surface area (Å²) in [6, 6.07) is 28.9. The summed E-state index contributed by atoms with van der Waals surface area (Å²) in [6.07, 6.45) is 0. The summed E-state index contributed by atoms with van der Waals surface area (Å²) in [5.74, 6) is 0. The molecule has 0 N–H and O–H groups in total. The van der Waals surface area contributed by atoms with Crippen LogP contribution in [-0.2, 0) is 14.7 Å². The minimum absolute atomic E-state index is 0.00269. The van der Waals surface area contributed by atoms with E-state index in [9.17, 15) is 0 Å². The number of benzene rings is 4. The fourth-order valence-electron chi connectivity index (χ4n) is 5.55. The van der Waals surface area contributed by atoms with Crippen LogP contribution in [0.5, 0.6) is 0 Å². The lowest BCUT2D eigenvalue weighted by molar-refractivity contribution is 0.00578. The normalized spacial score (nSPS) is 19.3. The molecule has 1 aliphatic heterocycles. The van der Waals surface area contributed by atoms with Crippen LogP contribution < -0.4 is 5.46 Å². The predicted octanol–water partition coefficient (Wildman–Crippen LogP) is 7.11. The Hall–Kier alpha value is -2.88. The summed E-state index contributed by atoms with van der Waals surface area (Å²) < 4.78 is 12.7. The molecule has 4 aromatic carbocycles. The maximum Gasteiger partial charge on any atom is 0.495 e. The first-order valence-corrected chi connectivity index (χ1v) is 12.2. The minimum Gasteiger partial charge on any atom is -0.399 e. The van der Waals surface area contributed by atoms with Gasteiger partial charge in [0.25, 0.3) is 0 Å². The first-order chi connectivity index (χ1) is 16.1. The van der Waals surface area contributed by atoms with Crippen LogP contribution in [0.3, 0.4) is 0 Å². The van der Waals surface area contributed by atoms with Crippen molar-refractivity contribution in [2.45, 2.75) is 58.2 Å². The monoisotopic (exact) mass is 446 g/mol. The van der Waals surface area contributed by atoms with Crippen LogP contribution >= 0.6 is 0 Å². The molecule has 0 aromatic heterocycles. The zero-order valence-electron chi connectivity index (χ0n) is 20.9. The van der Waals surface area contributed by atoms with Gasteiger partial charge in [-0.05, 0) is 89.4 Å². The highest BCUT2D eigenvalue weighted by Gasteiger charge is 2.52. The Morgan fingerprint density at radius 3 is 2.00 bits per heavy atom. The van der Waals surface area contributed by atoms with Gasteiger partial charge in [0.2, 0.25) is 0 Å². The van der Waals surface area contributed by atoms with Gasteiger partial charge in [-0.3, -0.25) is 0 Å². The molecule has 0 bridgehead atoms. The lowest BCUT2D eigenvalue weighted by Gasteiger charge is -2.32. The number of fused-ring (bicyclic) bond motifs is 4. The fraction of sp³-hybridized carbons (Fsp3) is 0.290. The summed E-state index contributed by atoms with van der Waals surface area (Å²) in [7, 11) is -0.362. The van der Waals surface area contributed by atoms with E-state index in [1.54, 1.807) is 0 Å². The van der Waals surface area contributed by atoms with Crippen molar-refractivity contribution in [2.75, 3.05) is 0 Å². The molecule has 1 saturated heterocycles. The van der Waals surface area contributed by atoms with Crippen molar-refractivity contribution in [3.63, 3.8) is 0 Å². The van der Waals surface area contributed by atoms with E-state index < -0.39 is 0 Å². The highest BCUT2D eigenvalue weighted by atomic mass is 16.7. The van der Waals surface area contributed by atoms with E-state index in [2.05, 4.69) is 120 Å². The standard InChI is InChI=1S/C31H31BO2/c1-29(2)26-12-8-7-11-24(26)25-17-15-21(19-27(25)29)20-14-16-23-22(18-20)10-9-13-28(23)32-33-30(3,4)31(5,6)34-32/h7-19H,1-6H3. The molecule has 4 aromatic rings. The van der Waals surface area contributed by atoms with Crippen LogP contribution in [0.25, 0.3) is 33.0 Å². The van der Waals surface area contributed by atoms with Crippen molar-refractivity contribution in [3.8, 4) is 22.3 Å². The Labute approximate surface area is 203 Å². The maximum absolute atomic E-state index is 6.35. The van der Waals surface area contributed by atoms with E-state index in [1.807, 2.05) is 0 Å². The minimum atomic E-state index is -0.362. The molecule has 34 heavy (non-hydrogen) atoms. The molecule has 0 radical (unpaired) electrons. The Morgan fingerprint density at radius 1 is 0.588 bits per heavy atom. The van der Waals surface area contributed by atoms with Gasteiger partial charge < -0.3 is 9.31 Å². The SMILES string of the molecule is CC1(C)c2ccccc2-c2ccc(-c3ccc4c(B5OC(C)(C)C(C)(C)O5)cccc4c3)cc21. The molecule has 1 fully saturated rings. The van der Waals surface area contributed by atoms with Crippen LogP contribution in [-0.4, -0.2) is 18.3 Å². The molecule has 2 nitrogen and oxygen atoms in total. The Balaban J connectivity index is 1.41. The van der Waals surface area contributed by atoms with Crippen molar-refractivity contribution in [2.24, 2.45) is 0 Å². The average Bonchev–Trinajstić information content (AvgIpc) is 3.18. The van der Waals surface area contributed by atoms with Crippen LogP contribution in [0.2, 0.25) is 0 Å². The third kappa shape index (κ3) is 3.04. The topological polar surface area (TPSA) is 18.5 Å². The molecular weight excluding hydrogens is 415 g/mol. The van der Waals surface area contributed by atoms with Gasteiger partial charge in [-0.25, -0.2) is 0 Å². The predicted molar refractivity (Wildman–Crippen MR) is 143 cm³/mol. The summed E-state index contributed by atoms with van der Waals surface area (Å²) in [5, 5.41) is 2.38. The molecule has 0 saturated carbocycles. The highest BCUT2D eigenvalue weighted by molar-refractivity contribution is 6.65. The number of hydrogen-bond acceptors (Lipinski definition) is 2. The van der Waals surface area contributed by atoms with E-state index in [4.69, 9.17) is 9.31 Å². The van der Waals surface area contributed by atoms with E-state index in [0.29, 0.717) is 0 Å². The van der Waals surface area contributed by atoms with Crippen LogP contribution in [0.4, 0.5) is 0 Å². The third-order valence-corrected chi connectivity index (χ3v) is 8.34. The van der Waals surface area contributed by atoms with Gasteiger partial charge in [-0.1, -0.05) is 80.6 Å². The first kappa shape index (κ1) is 21.6. The second-order valence-electron chi connectivity index (χ2n) is 11.3. The van der Waals surface area contributed by atoms with Crippen molar-refractivity contribution < 1.29 is 9.31 Å². The summed E-state index contributed by atoms with van der Waals surface area (Å²) >= 11 is 0. The van der Waals surface area contributed by atoms with Gasteiger partial charge in [0.15, 0.2) is 0 Å². The van der Waals surface area contributed by atoms with Crippen molar-refractivity contribution >= 4 is 23.4 Å². The zero-order chi connectivity index (χ0) is 23.9. The van der Waals surface area contributed by atoms with Gasteiger partial charge in [0, 0.05) is 5.41 Å². The molecule has 1 aliphatic carbocycles. The molecule has 170 valence electrons. The fourth-order valence-corrected chi connectivity index (χ4v) is 5.55. The summed E-state index contributed by atoms with van der Waals surface area (Å²) in [5.41, 5.74) is 8.40. The van der Waals surface area contributed by atoms with E-state index >= 15 is 0 Å². The highest BCUT2D eigenvalue weighted by Crippen LogP contribution is 2.49. The third-order valence-electron chi connectivity index (χ3n) is 8.34. The van der Waals surface area contributed by atoms with Gasteiger partial charge in [-0.2, -0.15) is 0 Å². The first-order valence-electron chi connectivity index (χ1n) is 12.2.